The summed E-state index contributed by atoms with van der Waals surface area (Å²) in [5.41, 5.74) is 7.25. The summed E-state index contributed by atoms with van der Waals surface area (Å²) in [5.74, 6) is 0. The van der Waals surface area contributed by atoms with E-state index in [1.54, 1.807) is 0 Å². The highest BCUT2D eigenvalue weighted by Crippen LogP contribution is 2.23. The molecule has 0 amide bonds. The van der Waals surface area contributed by atoms with Gasteiger partial charge in [0.25, 0.3) is 0 Å². The first-order valence-electron chi connectivity index (χ1n) is 6.65. The average molecular weight is 242 g/mol. The van der Waals surface area contributed by atoms with Gasteiger partial charge in [-0.15, -0.1) is 0 Å². The fraction of sp³-hybridized carbons (Fsp3) is 0.375. The zero-order valence-corrected chi connectivity index (χ0v) is 11.3. The number of nitrogens with two attached hydrogens (primary N) is 1. The van der Waals surface area contributed by atoms with Crippen molar-refractivity contribution in [1.29, 1.82) is 0 Å². The fourth-order valence-electron chi connectivity index (χ4n) is 2.49. The van der Waals surface area contributed by atoms with E-state index in [9.17, 15) is 0 Å². The lowest BCUT2D eigenvalue weighted by Gasteiger charge is -2.27. The monoisotopic (exact) mass is 242 g/mol. The molecule has 0 bridgehead atoms. The Morgan fingerprint density at radius 3 is 2.50 bits per heavy atom. The van der Waals surface area contributed by atoms with Crippen LogP contribution in [0.25, 0.3) is 10.8 Å². The summed E-state index contributed by atoms with van der Waals surface area (Å²) in [4.78, 5) is 2.34. The molecule has 0 radical (unpaired) electrons. The van der Waals surface area contributed by atoms with Crippen molar-refractivity contribution in [2.45, 2.75) is 19.4 Å². The van der Waals surface area contributed by atoms with E-state index in [-0.39, 0.29) is 0 Å². The molecule has 2 N–H and O–H groups in total. The molecule has 0 aromatic heterocycles. The largest absolute Gasteiger partial charge is 0.329 e. The molecular formula is C16H22N2. The number of rotatable bonds is 5. The van der Waals surface area contributed by atoms with Crippen LogP contribution in [0.4, 0.5) is 0 Å². The predicted molar refractivity (Wildman–Crippen MR) is 78.7 cm³/mol. The Bertz CT molecular complexity index is 507. The number of benzene rings is 2. The van der Waals surface area contributed by atoms with E-state index < -0.39 is 0 Å². The molecule has 0 fully saturated rings. The molecule has 1 atom stereocenters. The van der Waals surface area contributed by atoms with Crippen LogP contribution in [-0.4, -0.2) is 25.0 Å². The molecule has 0 aliphatic heterocycles. The van der Waals surface area contributed by atoms with E-state index in [1.165, 1.54) is 16.3 Å². The highest BCUT2D eigenvalue weighted by Gasteiger charge is 2.14. The van der Waals surface area contributed by atoms with Gasteiger partial charge < -0.3 is 5.73 Å². The van der Waals surface area contributed by atoms with Crippen molar-refractivity contribution in [2.75, 3.05) is 20.1 Å². The van der Waals surface area contributed by atoms with E-state index in [0.29, 0.717) is 12.6 Å². The van der Waals surface area contributed by atoms with E-state index in [1.807, 2.05) is 0 Å². The fourth-order valence-corrected chi connectivity index (χ4v) is 2.49. The maximum atomic E-state index is 5.94. The average Bonchev–Trinajstić information content (AvgIpc) is 2.40. The van der Waals surface area contributed by atoms with Crippen molar-refractivity contribution in [2.24, 2.45) is 5.73 Å². The van der Waals surface area contributed by atoms with Crippen LogP contribution >= 0.6 is 0 Å². The predicted octanol–water partition coefficient (Wildman–Crippen LogP) is 3.18. The molecule has 2 aromatic rings. The van der Waals surface area contributed by atoms with Crippen molar-refractivity contribution in [3.63, 3.8) is 0 Å². The molecule has 18 heavy (non-hydrogen) atoms. The Labute approximate surface area is 109 Å². The summed E-state index contributed by atoms with van der Waals surface area (Å²) in [7, 11) is 2.15. The van der Waals surface area contributed by atoms with Crippen molar-refractivity contribution >= 4 is 10.8 Å². The molecule has 0 saturated heterocycles. The third-order valence-corrected chi connectivity index (χ3v) is 3.49. The molecule has 2 aromatic carbocycles. The van der Waals surface area contributed by atoms with Gasteiger partial charge in [-0.25, -0.2) is 0 Å². The summed E-state index contributed by atoms with van der Waals surface area (Å²) >= 11 is 0. The zero-order chi connectivity index (χ0) is 13.0. The maximum absolute atomic E-state index is 5.94. The minimum absolute atomic E-state index is 0.314. The summed E-state index contributed by atoms with van der Waals surface area (Å²) in [6.45, 7) is 3.94. The van der Waals surface area contributed by atoms with Crippen LogP contribution < -0.4 is 5.73 Å². The molecule has 0 spiro atoms. The van der Waals surface area contributed by atoms with Crippen molar-refractivity contribution in [1.82, 2.24) is 4.90 Å². The molecule has 0 aliphatic rings. The lowest BCUT2D eigenvalue weighted by molar-refractivity contribution is 0.251. The molecule has 96 valence electrons. The molecule has 1 unspecified atom stereocenters. The van der Waals surface area contributed by atoms with Crippen LogP contribution in [0.3, 0.4) is 0 Å². The summed E-state index contributed by atoms with van der Waals surface area (Å²) in [6, 6.07) is 15.4. The highest BCUT2D eigenvalue weighted by atomic mass is 15.1. The van der Waals surface area contributed by atoms with Crippen molar-refractivity contribution in [3.8, 4) is 0 Å². The molecule has 0 heterocycles. The Morgan fingerprint density at radius 1 is 1.11 bits per heavy atom. The number of fused-ring (bicyclic) bond motifs is 1. The summed E-state index contributed by atoms with van der Waals surface area (Å²) in [5, 5.41) is 2.58. The second-order valence-electron chi connectivity index (χ2n) is 4.84. The van der Waals surface area contributed by atoms with E-state index in [4.69, 9.17) is 5.73 Å². The maximum Gasteiger partial charge on any atom is 0.0467 e. The van der Waals surface area contributed by atoms with Gasteiger partial charge in [0.05, 0.1) is 0 Å². The molecule has 2 rings (SSSR count). The summed E-state index contributed by atoms with van der Waals surface area (Å²) in [6.07, 6.45) is 1.15. The minimum atomic E-state index is 0.314. The second kappa shape index (κ2) is 5.98. The van der Waals surface area contributed by atoms with Crippen LogP contribution in [0.5, 0.6) is 0 Å². The normalized spacial score (nSPS) is 13.1. The SMILES string of the molecule is CCCN(C)C(CN)c1ccc2ccccc2c1. The highest BCUT2D eigenvalue weighted by molar-refractivity contribution is 5.83. The molecule has 0 aliphatic carbocycles. The first-order valence-corrected chi connectivity index (χ1v) is 6.65. The molecule has 2 nitrogen and oxygen atoms in total. The first kappa shape index (κ1) is 13.1. The lowest BCUT2D eigenvalue weighted by atomic mass is 10.0. The molecule has 0 saturated carbocycles. The van der Waals surface area contributed by atoms with Gasteiger partial charge in [0.1, 0.15) is 0 Å². The van der Waals surface area contributed by atoms with Gasteiger partial charge in [-0.2, -0.15) is 0 Å². The van der Waals surface area contributed by atoms with E-state index in [0.717, 1.165) is 13.0 Å². The smallest absolute Gasteiger partial charge is 0.0467 e. The van der Waals surface area contributed by atoms with Crippen LogP contribution in [0.1, 0.15) is 24.9 Å². The van der Waals surface area contributed by atoms with E-state index in [2.05, 4.69) is 61.3 Å². The summed E-state index contributed by atoms with van der Waals surface area (Å²) < 4.78 is 0. The standard InChI is InChI=1S/C16H22N2/c1-3-10-18(2)16(12-17)15-9-8-13-6-4-5-7-14(13)11-15/h4-9,11,16H,3,10,12,17H2,1-2H3. The van der Waals surface area contributed by atoms with Gasteiger partial charge in [0, 0.05) is 12.6 Å². The third-order valence-electron chi connectivity index (χ3n) is 3.49. The topological polar surface area (TPSA) is 29.3 Å². The Hall–Kier alpha value is -1.38. The minimum Gasteiger partial charge on any atom is -0.329 e. The first-order chi connectivity index (χ1) is 8.76. The number of hydrogen-bond acceptors (Lipinski definition) is 2. The van der Waals surface area contributed by atoms with Crippen LogP contribution in [0.15, 0.2) is 42.5 Å². The quantitative estimate of drug-likeness (QED) is 0.872. The van der Waals surface area contributed by atoms with Crippen LogP contribution in [0, 0.1) is 0 Å². The van der Waals surface area contributed by atoms with E-state index >= 15 is 0 Å². The Morgan fingerprint density at radius 2 is 1.83 bits per heavy atom. The second-order valence-corrected chi connectivity index (χ2v) is 4.84. The van der Waals surface area contributed by atoms with Gasteiger partial charge >= 0.3 is 0 Å². The van der Waals surface area contributed by atoms with Gasteiger partial charge in [0.2, 0.25) is 0 Å². The number of nitrogens with zero attached hydrogens (tertiary/aromatic N) is 1. The van der Waals surface area contributed by atoms with Crippen LogP contribution in [0.2, 0.25) is 0 Å². The number of hydrogen-bond donors (Lipinski definition) is 1. The van der Waals surface area contributed by atoms with Gasteiger partial charge in [-0.1, -0.05) is 43.3 Å². The van der Waals surface area contributed by atoms with Crippen molar-refractivity contribution in [3.05, 3.63) is 48.0 Å². The van der Waals surface area contributed by atoms with Gasteiger partial charge in [-0.05, 0) is 42.4 Å². The van der Waals surface area contributed by atoms with Crippen molar-refractivity contribution < 1.29 is 0 Å². The zero-order valence-electron chi connectivity index (χ0n) is 11.3. The van der Waals surface area contributed by atoms with Gasteiger partial charge in [-0.3, -0.25) is 4.90 Å². The lowest BCUT2D eigenvalue weighted by Crippen LogP contribution is -2.31. The molecule has 2 heteroatoms. The van der Waals surface area contributed by atoms with Crippen LogP contribution in [-0.2, 0) is 0 Å². The Balaban J connectivity index is 2.33. The molecular weight excluding hydrogens is 220 g/mol. The Kier molecular flexibility index (Phi) is 4.34. The van der Waals surface area contributed by atoms with Gasteiger partial charge in [0.15, 0.2) is 0 Å². The third kappa shape index (κ3) is 2.71. The number of likely N-dealkylation sites (N-methyl/N-ethyl adjacent to an activating group) is 1.